The zero-order chi connectivity index (χ0) is 16.4. The number of nitrogens with zero attached hydrogens (tertiary/aromatic N) is 2. The van der Waals surface area contributed by atoms with Crippen molar-refractivity contribution in [3.05, 3.63) is 29.6 Å². The molecule has 5 nitrogen and oxygen atoms in total. The molecule has 0 radical (unpaired) electrons. The van der Waals surface area contributed by atoms with E-state index in [1.807, 2.05) is 0 Å². The first-order valence-electron chi connectivity index (χ1n) is 8.32. The molecule has 0 saturated carbocycles. The molecule has 1 saturated heterocycles. The number of aryl methyl sites for hydroxylation is 1. The fraction of sp³-hybridized carbons (Fsp3) is 0.556. The summed E-state index contributed by atoms with van der Waals surface area (Å²) in [6.07, 6.45) is 2.56. The Morgan fingerprint density at radius 2 is 2.13 bits per heavy atom. The lowest BCUT2D eigenvalue weighted by Crippen LogP contribution is -2.44. The summed E-state index contributed by atoms with van der Waals surface area (Å²) < 4.78 is 5.01. The number of aromatic amines is 1. The smallest absolute Gasteiger partial charge is 0.311 e. The minimum absolute atomic E-state index is 0.0566. The Balaban J connectivity index is 1.66. The van der Waals surface area contributed by atoms with Crippen LogP contribution in [0, 0.1) is 12.3 Å². The number of ether oxygens (including phenoxy) is 1. The normalized spacial score (nSPS) is 18.2. The van der Waals surface area contributed by atoms with Crippen molar-refractivity contribution in [3.63, 3.8) is 0 Å². The highest BCUT2D eigenvalue weighted by atomic mass is 16.5. The second kappa shape index (κ2) is 6.32. The van der Waals surface area contributed by atoms with Gasteiger partial charge in [0.2, 0.25) is 0 Å². The molecule has 124 valence electrons. The predicted molar refractivity (Wildman–Crippen MR) is 90.1 cm³/mol. The van der Waals surface area contributed by atoms with E-state index in [2.05, 4.69) is 46.9 Å². The summed E-state index contributed by atoms with van der Waals surface area (Å²) >= 11 is 0. The van der Waals surface area contributed by atoms with E-state index in [1.165, 1.54) is 12.7 Å². The molecule has 3 rings (SSSR count). The van der Waals surface area contributed by atoms with Gasteiger partial charge in [0.25, 0.3) is 0 Å². The number of aromatic nitrogens is 2. The molecule has 0 unspecified atom stereocenters. The number of rotatable bonds is 4. The SMILES string of the molecule is CCC1(C(=O)OC)CCN(Cc2nc3ccc(C)cc3[nH]2)CC1. The van der Waals surface area contributed by atoms with E-state index in [1.54, 1.807) is 0 Å². The number of benzene rings is 1. The number of imidazole rings is 1. The number of nitrogens with one attached hydrogen (secondary N) is 1. The van der Waals surface area contributed by atoms with Crippen molar-refractivity contribution in [1.82, 2.24) is 14.9 Å². The highest BCUT2D eigenvalue weighted by Crippen LogP contribution is 2.36. The van der Waals surface area contributed by atoms with E-state index in [9.17, 15) is 4.79 Å². The average Bonchev–Trinajstić information content (AvgIpc) is 2.96. The van der Waals surface area contributed by atoms with Crippen molar-refractivity contribution in [2.75, 3.05) is 20.2 Å². The van der Waals surface area contributed by atoms with Crippen LogP contribution in [0.5, 0.6) is 0 Å². The summed E-state index contributed by atoms with van der Waals surface area (Å²) in [7, 11) is 1.49. The molecule has 1 aliphatic heterocycles. The van der Waals surface area contributed by atoms with Crippen LogP contribution in [0.25, 0.3) is 11.0 Å². The summed E-state index contributed by atoms with van der Waals surface area (Å²) in [4.78, 5) is 22.5. The fourth-order valence-corrected chi connectivity index (χ4v) is 3.52. The topological polar surface area (TPSA) is 58.2 Å². The van der Waals surface area contributed by atoms with Gasteiger partial charge in [0.05, 0.1) is 30.1 Å². The molecule has 0 aliphatic carbocycles. The fourth-order valence-electron chi connectivity index (χ4n) is 3.52. The van der Waals surface area contributed by atoms with E-state index in [-0.39, 0.29) is 11.4 Å². The zero-order valence-corrected chi connectivity index (χ0v) is 14.2. The average molecular weight is 315 g/mol. The van der Waals surface area contributed by atoms with Crippen molar-refractivity contribution in [1.29, 1.82) is 0 Å². The van der Waals surface area contributed by atoms with Crippen LogP contribution in [-0.2, 0) is 16.1 Å². The highest BCUT2D eigenvalue weighted by molar-refractivity contribution is 5.77. The number of esters is 1. The second-order valence-electron chi connectivity index (χ2n) is 6.61. The van der Waals surface area contributed by atoms with Crippen LogP contribution in [0.2, 0.25) is 0 Å². The standard InChI is InChI=1S/C18H25N3O2/c1-4-18(17(22)23-3)7-9-21(10-8-18)12-16-19-14-6-5-13(2)11-15(14)20-16/h5-6,11H,4,7-10,12H2,1-3H3,(H,19,20). The molecule has 2 aromatic rings. The number of hydrogen-bond acceptors (Lipinski definition) is 4. The van der Waals surface area contributed by atoms with Crippen molar-refractivity contribution in [2.45, 2.75) is 39.7 Å². The Kier molecular flexibility index (Phi) is 4.39. The van der Waals surface area contributed by atoms with E-state index in [0.717, 1.165) is 55.8 Å². The van der Waals surface area contributed by atoms with Gasteiger partial charge in [-0.25, -0.2) is 4.98 Å². The van der Waals surface area contributed by atoms with Gasteiger partial charge in [0.1, 0.15) is 5.82 Å². The minimum atomic E-state index is -0.295. The van der Waals surface area contributed by atoms with E-state index < -0.39 is 0 Å². The van der Waals surface area contributed by atoms with Gasteiger partial charge in [-0.1, -0.05) is 13.0 Å². The number of H-pyrrole nitrogens is 1. The van der Waals surface area contributed by atoms with Gasteiger partial charge >= 0.3 is 5.97 Å². The monoisotopic (exact) mass is 315 g/mol. The number of carbonyl (C=O) groups is 1. The van der Waals surface area contributed by atoms with Gasteiger partial charge in [-0.2, -0.15) is 0 Å². The number of fused-ring (bicyclic) bond motifs is 1. The number of methoxy groups -OCH3 is 1. The van der Waals surface area contributed by atoms with E-state index in [0.29, 0.717) is 0 Å². The minimum Gasteiger partial charge on any atom is -0.469 e. The van der Waals surface area contributed by atoms with Gasteiger partial charge in [-0.05, 0) is 57.0 Å². The lowest BCUT2D eigenvalue weighted by atomic mass is 9.76. The Bertz CT molecular complexity index is 699. The van der Waals surface area contributed by atoms with Gasteiger partial charge < -0.3 is 9.72 Å². The van der Waals surface area contributed by atoms with Gasteiger partial charge in [0, 0.05) is 0 Å². The van der Waals surface area contributed by atoms with Gasteiger partial charge in [0.15, 0.2) is 0 Å². The third-order valence-electron chi connectivity index (χ3n) is 5.17. The van der Waals surface area contributed by atoms with Crippen LogP contribution >= 0.6 is 0 Å². The molecule has 2 heterocycles. The van der Waals surface area contributed by atoms with Gasteiger partial charge in [-0.3, -0.25) is 9.69 Å². The molecule has 0 spiro atoms. The van der Waals surface area contributed by atoms with E-state index >= 15 is 0 Å². The molecule has 1 aromatic carbocycles. The Morgan fingerprint density at radius 1 is 1.39 bits per heavy atom. The Hall–Kier alpha value is -1.88. The van der Waals surface area contributed by atoms with Crippen LogP contribution in [0.4, 0.5) is 0 Å². The molecule has 1 aliphatic rings. The first-order valence-corrected chi connectivity index (χ1v) is 8.32. The molecule has 0 amide bonds. The molecule has 0 bridgehead atoms. The van der Waals surface area contributed by atoms with Crippen molar-refractivity contribution < 1.29 is 9.53 Å². The maximum atomic E-state index is 12.1. The molecule has 1 N–H and O–H groups in total. The lowest BCUT2D eigenvalue weighted by Gasteiger charge is -2.38. The van der Waals surface area contributed by atoms with Crippen LogP contribution in [-0.4, -0.2) is 41.0 Å². The lowest BCUT2D eigenvalue weighted by molar-refractivity contribution is -0.156. The third-order valence-corrected chi connectivity index (χ3v) is 5.17. The predicted octanol–water partition coefficient (Wildman–Crippen LogP) is 3.04. The summed E-state index contributed by atoms with van der Waals surface area (Å²) in [5, 5.41) is 0. The van der Waals surface area contributed by atoms with Crippen molar-refractivity contribution in [2.24, 2.45) is 5.41 Å². The van der Waals surface area contributed by atoms with Crippen LogP contribution in [0.3, 0.4) is 0 Å². The summed E-state index contributed by atoms with van der Waals surface area (Å²) in [5.41, 5.74) is 3.04. The van der Waals surface area contributed by atoms with Crippen LogP contribution in [0.1, 0.15) is 37.6 Å². The third kappa shape index (κ3) is 3.11. The second-order valence-corrected chi connectivity index (χ2v) is 6.61. The highest BCUT2D eigenvalue weighted by Gasteiger charge is 2.40. The van der Waals surface area contributed by atoms with Crippen LogP contribution < -0.4 is 0 Å². The van der Waals surface area contributed by atoms with Gasteiger partial charge in [-0.15, -0.1) is 0 Å². The molecule has 0 atom stereocenters. The Morgan fingerprint density at radius 3 is 2.78 bits per heavy atom. The summed E-state index contributed by atoms with van der Waals surface area (Å²) in [6, 6.07) is 6.27. The zero-order valence-electron chi connectivity index (χ0n) is 14.2. The maximum absolute atomic E-state index is 12.1. The number of piperidine rings is 1. The van der Waals surface area contributed by atoms with Crippen LogP contribution in [0.15, 0.2) is 18.2 Å². The van der Waals surface area contributed by atoms with Crippen molar-refractivity contribution in [3.8, 4) is 0 Å². The number of carbonyl (C=O) groups excluding carboxylic acids is 1. The molecule has 23 heavy (non-hydrogen) atoms. The maximum Gasteiger partial charge on any atom is 0.311 e. The molecular weight excluding hydrogens is 290 g/mol. The van der Waals surface area contributed by atoms with Crippen molar-refractivity contribution >= 4 is 17.0 Å². The largest absolute Gasteiger partial charge is 0.469 e. The molecule has 1 fully saturated rings. The van der Waals surface area contributed by atoms with E-state index in [4.69, 9.17) is 4.74 Å². The Labute approximate surface area is 137 Å². The molecular formula is C18H25N3O2. The quantitative estimate of drug-likeness (QED) is 0.881. The first kappa shape index (κ1) is 16.0. The molecule has 1 aromatic heterocycles. The number of hydrogen-bond donors (Lipinski definition) is 1. The summed E-state index contributed by atoms with van der Waals surface area (Å²) in [5.74, 6) is 0.937. The molecule has 5 heteroatoms. The summed E-state index contributed by atoms with van der Waals surface area (Å²) in [6.45, 7) is 6.77. The number of likely N-dealkylation sites (tertiary alicyclic amines) is 1. The first-order chi connectivity index (χ1) is 11.1.